The van der Waals surface area contributed by atoms with E-state index in [9.17, 15) is 20.1 Å². The number of fused-ring (bicyclic) bond motifs is 2. The first-order valence-electron chi connectivity index (χ1n) is 7.20. The average molecular weight is 282 g/mol. The molecule has 0 saturated heterocycles. The molecule has 3 N–H and O–H groups in total. The van der Waals surface area contributed by atoms with Gasteiger partial charge in [-0.3, -0.25) is 0 Å². The van der Waals surface area contributed by atoms with Crippen molar-refractivity contribution in [3.8, 4) is 0 Å². The van der Waals surface area contributed by atoms with Crippen LogP contribution in [-0.4, -0.2) is 38.8 Å². The maximum atomic E-state index is 11.7. The van der Waals surface area contributed by atoms with Gasteiger partial charge in [0.15, 0.2) is 0 Å². The Hall–Kier alpha value is -0.910. The highest BCUT2D eigenvalue weighted by Crippen LogP contribution is 2.61. The molecule has 2 fully saturated rings. The second-order valence-electron chi connectivity index (χ2n) is 6.97. The van der Waals surface area contributed by atoms with Crippen LogP contribution < -0.4 is 0 Å². The van der Waals surface area contributed by atoms with Crippen molar-refractivity contribution in [3.63, 3.8) is 0 Å². The predicted molar refractivity (Wildman–Crippen MR) is 70.4 cm³/mol. The third-order valence-electron chi connectivity index (χ3n) is 6.05. The van der Waals surface area contributed by atoms with Gasteiger partial charge in [0.1, 0.15) is 5.60 Å². The van der Waals surface area contributed by atoms with Gasteiger partial charge in [-0.1, -0.05) is 13.8 Å². The summed E-state index contributed by atoms with van der Waals surface area (Å²) in [6.45, 7) is 5.63. The first-order valence-corrected chi connectivity index (χ1v) is 7.20. The molecule has 20 heavy (non-hydrogen) atoms. The summed E-state index contributed by atoms with van der Waals surface area (Å²) in [4.78, 5) is 11.7. The van der Waals surface area contributed by atoms with Gasteiger partial charge in [-0.05, 0) is 32.1 Å². The molecule has 0 aromatic carbocycles. The smallest absolute Gasteiger partial charge is 0.336 e. The topological polar surface area (TPSA) is 87.0 Å². The lowest BCUT2D eigenvalue weighted by Crippen LogP contribution is -2.67. The lowest BCUT2D eigenvalue weighted by Gasteiger charge is -2.59. The molecule has 5 heteroatoms. The molecule has 0 spiro atoms. The summed E-state index contributed by atoms with van der Waals surface area (Å²) in [6.07, 6.45) is 0.624. The monoisotopic (exact) mass is 282 g/mol. The standard InChI is InChI=1S/C15H22O5/c1-8-4-5-11(16)14(18)7-15(19)10(6-13(8,14)3)9(2)12(17)20-15/h8,11,16,18-19H,4-7H2,1-3H3/t8-,11+,13+,14-,15-/m0/s1. The number of ether oxygens (including phenoxy) is 1. The van der Waals surface area contributed by atoms with E-state index in [2.05, 4.69) is 6.92 Å². The molecule has 1 aliphatic heterocycles. The van der Waals surface area contributed by atoms with Gasteiger partial charge in [0.05, 0.1) is 6.10 Å². The van der Waals surface area contributed by atoms with Crippen LogP contribution in [0.3, 0.4) is 0 Å². The Bertz CT molecular complexity index is 512. The van der Waals surface area contributed by atoms with Crippen LogP contribution in [0.2, 0.25) is 0 Å². The fourth-order valence-electron chi connectivity index (χ4n) is 4.27. The van der Waals surface area contributed by atoms with Gasteiger partial charge in [-0.2, -0.15) is 0 Å². The first-order chi connectivity index (χ1) is 9.14. The summed E-state index contributed by atoms with van der Waals surface area (Å²) in [7, 11) is 0. The number of hydrogen-bond donors (Lipinski definition) is 3. The van der Waals surface area contributed by atoms with E-state index in [1.807, 2.05) is 6.92 Å². The van der Waals surface area contributed by atoms with Crippen LogP contribution >= 0.6 is 0 Å². The molecular weight excluding hydrogens is 260 g/mol. The van der Waals surface area contributed by atoms with Crippen LogP contribution in [0.1, 0.15) is 46.5 Å². The number of rotatable bonds is 0. The van der Waals surface area contributed by atoms with Gasteiger partial charge in [-0.15, -0.1) is 0 Å². The Morgan fingerprint density at radius 2 is 1.95 bits per heavy atom. The molecule has 0 aromatic rings. The maximum Gasteiger partial charge on any atom is 0.336 e. The van der Waals surface area contributed by atoms with Gasteiger partial charge in [-0.25, -0.2) is 4.79 Å². The summed E-state index contributed by atoms with van der Waals surface area (Å²) < 4.78 is 5.08. The summed E-state index contributed by atoms with van der Waals surface area (Å²) in [5.74, 6) is -2.10. The van der Waals surface area contributed by atoms with Crippen molar-refractivity contribution in [2.45, 2.75) is 63.9 Å². The Balaban J connectivity index is 2.12. The molecule has 1 heterocycles. The number of esters is 1. The minimum absolute atomic E-state index is 0.152. The zero-order valence-electron chi connectivity index (χ0n) is 12.1. The fourth-order valence-corrected chi connectivity index (χ4v) is 4.27. The third-order valence-corrected chi connectivity index (χ3v) is 6.05. The van der Waals surface area contributed by atoms with Gasteiger partial charge >= 0.3 is 5.97 Å². The average Bonchev–Trinajstić information content (AvgIpc) is 2.56. The Morgan fingerprint density at radius 3 is 2.60 bits per heavy atom. The van der Waals surface area contributed by atoms with Gasteiger partial charge in [0.25, 0.3) is 0 Å². The van der Waals surface area contributed by atoms with E-state index in [1.165, 1.54) is 0 Å². The van der Waals surface area contributed by atoms with Gasteiger partial charge in [0.2, 0.25) is 5.79 Å². The summed E-state index contributed by atoms with van der Waals surface area (Å²) in [5.41, 5.74) is -1.01. The van der Waals surface area contributed by atoms with Gasteiger partial charge in [0, 0.05) is 23.0 Å². The van der Waals surface area contributed by atoms with E-state index < -0.39 is 28.9 Å². The minimum Gasteiger partial charge on any atom is -0.426 e. The van der Waals surface area contributed by atoms with E-state index >= 15 is 0 Å². The highest BCUT2D eigenvalue weighted by molar-refractivity contribution is 5.92. The minimum atomic E-state index is -1.76. The normalized spacial score (nSPS) is 51.6. The SMILES string of the molecule is CC1=C2C[C@]3(C)[C@@H](C)CC[C@@H](O)[C@@]3(O)C[C@]2(O)OC1=O. The molecule has 0 amide bonds. The number of hydrogen-bond acceptors (Lipinski definition) is 5. The Labute approximate surface area is 118 Å². The second kappa shape index (κ2) is 3.84. The number of aliphatic hydroxyl groups excluding tert-OH is 1. The molecule has 5 atom stereocenters. The predicted octanol–water partition coefficient (Wildman–Crippen LogP) is 0.870. The molecular formula is C15H22O5. The van der Waals surface area contributed by atoms with Gasteiger partial charge < -0.3 is 20.1 Å². The van der Waals surface area contributed by atoms with E-state index in [0.29, 0.717) is 24.0 Å². The lowest BCUT2D eigenvalue weighted by atomic mass is 9.50. The Kier molecular flexibility index (Phi) is 2.70. The zero-order valence-corrected chi connectivity index (χ0v) is 12.1. The summed E-state index contributed by atoms with van der Waals surface area (Å²) >= 11 is 0. The van der Waals surface area contributed by atoms with Crippen LogP contribution in [0.4, 0.5) is 0 Å². The van der Waals surface area contributed by atoms with Crippen LogP contribution in [0, 0.1) is 11.3 Å². The number of carbonyl (C=O) groups excluding carboxylic acids is 1. The molecule has 112 valence electrons. The maximum absolute atomic E-state index is 11.7. The molecule has 2 saturated carbocycles. The summed E-state index contributed by atoms with van der Waals surface area (Å²) in [5, 5.41) is 31.9. The molecule has 0 bridgehead atoms. The van der Waals surface area contributed by atoms with Crippen molar-refractivity contribution in [2.24, 2.45) is 11.3 Å². The molecule has 0 radical (unpaired) electrons. The van der Waals surface area contributed by atoms with Crippen LogP contribution in [0.5, 0.6) is 0 Å². The van der Waals surface area contributed by atoms with Crippen LogP contribution in [-0.2, 0) is 9.53 Å². The van der Waals surface area contributed by atoms with Crippen molar-refractivity contribution in [1.29, 1.82) is 0 Å². The van der Waals surface area contributed by atoms with E-state index in [1.54, 1.807) is 6.92 Å². The van der Waals surface area contributed by atoms with E-state index in [-0.39, 0.29) is 12.3 Å². The van der Waals surface area contributed by atoms with Crippen LogP contribution in [0.15, 0.2) is 11.1 Å². The summed E-state index contributed by atoms with van der Waals surface area (Å²) in [6, 6.07) is 0. The largest absolute Gasteiger partial charge is 0.426 e. The fraction of sp³-hybridized carbons (Fsp3) is 0.800. The number of carbonyl (C=O) groups is 1. The molecule has 0 aromatic heterocycles. The second-order valence-corrected chi connectivity index (χ2v) is 6.97. The van der Waals surface area contributed by atoms with Crippen molar-refractivity contribution < 1.29 is 24.9 Å². The molecule has 3 aliphatic rings. The molecule has 3 rings (SSSR count). The zero-order chi connectivity index (χ0) is 14.9. The van der Waals surface area contributed by atoms with Crippen molar-refractivity contribution in [1.82, 2.24) is 0 Å². The van der Waals surface area contributed by atoms with Crippen molar-refractivity contribution in [3.05, 3.63) is 11.1 Å². The lowest BCUT2D eigenvalue weighted by molar-refractivity contribution is -0.274. The third kappa shape index (κ3) is 1.46. The van der Waals surface area contributed by atoms with Crippen molar-refractivity contribution >= 4 is 5.97 Å². The van der Waals surface area contributed by atoms with Crippen molar-refractivity contribution in [2.75, 3.05) is 0 Å². The van der Waals surface area contributed by atoms with Crippen LogP contribution in [0.25, 0.3) is 0 Å². The van der Waals surface area contributed by atoms with E-state index in [4.69, 9.17) is 4.74 Å². The number of aliphatic hydroxyl groups is 3. The molecule has 0 unspecified atom stereocenters. The quantitative estimate of drug-likeness (QED) is 0.574. The first kappa shape index (κ1) is 14.0. The van der Waals surface area contributed by atoms with E-state index in [0.717, 1.165) is 6.42 Å². The molecule has 2 aliphatic carbocycles. The highest BCUT2D eigenvalue weighted by atomic mass is 16.7. The Morgan fingerprint density at radius 1 is 1.30 bits per heavy atom. The molecule has 5 nitrogen and oxygen atoms in total. The highest BCUT2D eigenvalue weighted by Gasteiger charge is 2.67.